The first-order valence-electron chi connectivity index (χ1n) is 4.42. The van der Waals surface area contributed by atoms with Crippen LogP contribution in [0.4, 0.5) is 0 Å². The van der Waals surface area contributed by atoms with E-state index in [1.165, 1.54) is 6.08 Å². The quantitative estimate of drug-likeness (QED) is 0.536. The minimum atomic E-state index is -0.454. The summed E-state index contributed by atoms with van der Waals surface area (Å²) in [6, 6.07) is 3.52. The first kappa shape index (κ1) is 10.6. The summed E-state index contributed by atoms with van der Waals surface area (Å²) in [6.07, 6.45) is 4.48. The van der Waals surface area contributed by atoms with E-state index < -0.39 is 5.60 Å². The van der Waals surface area contributed by atoms with E-state index in [0.29, 0.717) is 5.76 Å². The highest BCUT2D eigenvalue weighted by molar-refractivity contribution is 5.86. The molecule has 0 spiro atoms. The van der Waals surface area contributed by atoms with Crippen molar-refractivity contribution in [2.75, 3.05) is 0 Å². The van der Waals surface area contributed by atoms with Crippen molar-refractivity contribution in [3.63, 3.8) is 0 Å². The first-order chi connectivity index (χ1) is 6.47. The van der Waals surface area contributed by atoms with Crippen LogP contribution in [0.1, 0.15) is 26.5 Å². The van der Waals surface area contributed by atoms with Crippen molar-refractivity contribution < 1.29 is 13.9 Å². The molecule has 76 valence electrons. The van der Waals surface area contributed by atoms with Gasteiger partial charge in [-0.3, -0.25) is 0 Å². The van der Waals surface area contributed by atoms with Gasteiger partial charge in [0.15, 0.2) is 0 Å². The van der Waals surface area contributed by atoms with E-state index in [2.05, 4.69) is 0 Å². The minimum absolute atomic E-state index is 0.367. The zero-order valence-corrected chi connectivity index (χ0v) is 8.61. The van der Waals surface area contributed by atoms with Crippen molar-refractivity contribution in [2.45, 2.75) is 26.4 Å². The number of esters is 1. The van der Waals surface area contributed by atoms with Gasteiger partial charge < -0.3 is 9.15 Å². The number of hydrogen-bond acceptors (Lipinski definition) is 3. The molecule has 1 aromatic heterocycles. The van der Waals surface area contributed by atoms with Gasteiger partial charge in [0.2, 0.25) is 0 Å². The Morgan fingerprint density at radius 2 is 2.21 bits per heavy atom. The third-order valence-corrected chi connectivity index (χ3v) is 1.33. The number of carbonyl (C=O) groups excluding carboxylic acids is 1. The highest BCUT2D eigenvalue weighted by Crippen LogP contribution is 2.08. The molecule has 0 radical (unpaired) electrons. The van der Waals surface area contributed by atoms with Crippen LogP contribution in [0.25, 0.3) is 6.08 Å². The van der Waals surface area contributed by atoms with E-state index in [1.807, 2.05) is 20.8 Å². The summed E-state index contributed by atoms with van der Waals surface area (Å²) in [5, 5.41) is 0. The van der Waals surface area contributed by atoms with Gasteiger partial charge in [-0.25, -0.2) is 4.79 Å². The van der Waals surface area contributed by atoms with Gasteiger partial charge in [-0.05, 0) is 39.0 Å². The Morgan fingerprint density at radius 1 is 1.50 bits per heavy atom. The molecule has 0 unspecified atom stereocenters. The van der Waals surface area contributed by atoms with Crippen LogP contribution in [0.15, 0.2) is 28.9 Å². The lowest BCUT2D eigenvalue weighted by Gasteiger charge is -2.17. The van der Waals surface area contributed by atoms with Gasteiger partial charge in [-0.15, -0.1) is 0 Å². The average Bonchev–Trinajstić information content (AvgIpc) is 2.49. The second kappa shape index (κ2) is 4.13. The first-order valence-corrected chi connectivity index (χ1v) is 4.42. The van der Waals surface area contributed by atoms with Gasteiger partial charge in [0.25, 0.3) is 0 Å². The Morgan fingerprint density at radius 3 is 2.71 bits per heavy atom. The third-order valence-electron chi connectivity index (χ3n) is 1.33. The lowest BCUT2D eigenvalue weighted by Crippen LogP contribution is -2.22. The number of furan rings is 1. The highest BCUT2D eigenvalue weighted by atomic mass is 16.6. The van der Waals surface area contributed by atoms with Crippen molar-refractivity contribution >= 4 is 12.0 Å². The summed E-state index contributed by atoms with van der Waals surface area (Å²) in [6.45, 7) is 5.48. The maximum absolute atomic E-state index is 11.2. The minimum Gasteiger partial charge on any atom is -0.465 e. The molecule has 0 saturated carbocycles. The number of carbonyl (C=O) groups is 1. The monoisotopic (exact) mass is 194 g/mol. The fourth-order valence-corrected chi connectivity index (χ4v) is 0.872. The topological polar surface area (TPSA) is 39.4 Å². The molecule has 0 N–H and O–H groups in total. The Labute approximate surface area is 83.4 Å². The van der Waals surface area contributed by atoms with Crippen LogP contribution in [0, 0.1) is 0 Å². The fourth-order valence-electron chi connectivity index (χ4n) is 0.872. The molecule has 0 amide bonds. The summed E-state index contributed by atoms with van der Waals surface area (Å²) < 4.78 is 10.1. The normalized spacial score (nSPS) is 11.9. The van der Waals surface area contributed by atoms with Gasteiger partial charge in [0.05, 0.1) is 6.26 Å². The van der Waals surface area contributed by atoms with Crippen LogP contribution in [-0.2, 0) is 9.53 Å². The summed E-state index contributed by atoms with van der Waals surface area (Å²) in [5.74, 6) is 0.268. The molecule has 1 aromatic rings. The molecular weight excluding hydrogens is 180 g/mol. The van der Waals surface area contributed by atoms with Crippen LogP contribution >= 0.6 is 0 Å². The standard InChI is InChI=1S/C11H14O3/c1-11(2,3)14-10(12)7-6-9-5-4-8-13-9/h4-8H,1-3H3. The van der Waals surface area contributed by atoms with E-state index >= 15 is 0 Å². The Kier molecular flexibility index (Phi) is 3.12. The Balaban J connectivity index is 2.49. The summed E-state index contributed by atoms with van der Waals surface area (Å²) >= 11 is 0. The summed E-state index contributed by atoms with van der Waals surface area (Å²) in [4.78, 5) is 11.2. The zero-order valence-electron chi connectivity index (χ0n) is 8.61. The van der Waals surface area contributed by atoms with Crippen molar-refractivity contribution in [1.29, 1.82) is 0 Å². The van der Waals surface area contributed by atoms with Crippen LogP contribution in [0.5, 0.6) is 0 Å². The zero-order chi connectivity index (χ0) is 10.6. The van der Waals surface area contributed by atoms with E-state index in [-0.39, 0.29) is 5.97 Å². The van der Waals surface area contributed by atoms with Crippen LogP contribution in [0.3, 0.4) is 0 Å². The van der Waals surface area contributed by atoms with Crippen molar-refractivity contribution in [3.8, 4) is 0 Å². The highest BCUT2D eigenvalue weighted by Gasteiger charge is 2.13. The van der Waals surface area contributed by atoms with Gasteiger partial charge >= 0.3 is 5.97 Å². The molecule has 0 bridgehead atoms. The van der Waals surface area contributed by atoms with E-state index in [9.17, 15) is 4.79 Å². The van der Waals surface area contributed by atoms with E-state index in [0.717, 1.165) is 0 Å². The smallest absolute Gasteiger partial charge is 0.331 e. The maximum atomic E-state index is 11.2. The molecule has 3 heteroatoms. The predicted molar refractivity (Wildman–Crippen MR) is 53.6 cm³/mol. The molecule has 0 fully saturated rings. The molecule has 3 nitrogen and oxygen atoms in total. The summed E-state index contributed by atoms with van der Waals surface area (Å²) in [7, 11) is 0. The molecule has 0 aromatic carbocycles. The van der Waals surface area contributed by atoms with Crippen LogP contribution in [-0.4, -0.2) is 11.6 Å². The largest absolute Gasteiger partial charge is 0.465 e. The fraction of sp³-hybridized carbons (Fsp3) is 0.364. The number of rotatable bonds is 2. The van der Waals surface area contributed by atoms with E-state index in [1.54, 1.807) is 24.5 Å². The average molecular weight is 194 g/mol. The third kappa shape index (κ3) is 3.94. The van der Waals surface area contributed by atoms with Gasteiger partial charge in [-0.2, -0.15) is 0 Å². The van der Waals surface area contributed by atoms with Crippen LogP contribution < -0.4 is 0 Å². The molecule has 0 aliphatic rings. The van der Waals surface area contributed by atoms with Gasteiger partial charge in [0, 0.05) is 6.08 Å². The lowest BCUT2D eigenvalue weighted by atomic mass is 10.2. The van der Waals surface area contributed by atoms with Crippen LogP contribution in [0.2, 0.25) is 0 Å². The predicted octanol–water partition coefficient (Wildman–Crippen LogP) is 2.63. The SMILES string of the molecule is CC(C)(C)OC(=O)C=Cc1ccco1. The molecular formula is C11H14O3. The molecule has 0 saturated heterocycles. The van der Waals surface area contributed by atoms with Crippen molar-refractivity contribution in [1.82, 2.24) is 0 Å². The second-order valence-electron chi connectivity index (χ2n) is 3.88. The number of ether oxygens (including phenoxy) is 1. The number of hydrogen-bond donors (Lipinski definition) is 0. The molecule has 14 heavy (non-hydrogen) atoms. The molecule has 0 atom stereocenters. The summed E-state index contributed by atoms with van der Waals surface area (Å²) in [5.41, 5.74) is -0.454. The van der Waals surface area contributed by atoms with Crippen molar-refractivity contribution in [3.05, 3.63) is 30.2 Å². The second-order valence-corrected chi connectivity index (χ2v) is 3.88. The Hall–Kier alpha value is -1.51. The maximum Gasteiger partial charge on any atom is 0.331 e. The molecule has 0 aliphatic carbocycles. The van der Waals surface area contributed by atoms with E-state index in [4.69, 9.17) is 9.15 Å². The molecule has 1 heterocycles. The lowest BCUT2D eigenvalue weighted by molar-refractivity contribution is -0.148. The van der Waals surface area contributed by atoms with Gasteiger partial charge in [0.1, 0.15) is 11.4 Å². The molecule has 1 rings (SSSR count). The van der Waals surface area contributed by atoms with Crippen molar-refractivity contribution in [2.24, 2.45) is 0 Å². The van der Waals surface area contributed by atoms with Gasteiger partial charge in [-0.1, -0.05) is 0 Å². The Bertz CT molecular complexity index is 315. The molecule has 0 aliphatic heterocycles.